The first-order valence-electron chi connectivity index (χ1n) is 4.59. The highest BCUT2D eigenvalue weighted by Gasteiger charge is 2.28. The van der Waals surface area contributed by atoms with Gasteiger partial charge in [-0.15, -0.1) is 10.2 Å². The third-order valence-corrected chi connectivity index (χ3v) is 2.49. The monoisotopic (exact) mass is 196 g/mol. The summed E-state index contributed by atoms with van der Waals surface area (Å²) in [5.41, 5.74) is 5.46. The number of carboxylic acid groups (broad SMARTS) is 1. The fourth-order valence-corrected chi connectivity index (χ4v) is 1.85. The molecule has 14 heavy (non-hydrogen) atoms. The second-order valence-electron chi connectivity index (χ2n) is 3.35. The van der Waals surface area contributed by atoms with Gasteiger partial charge in [-0.05, 0) is 12.8 Å². The number of aliphatic carboxylic acids is 1. The van der Waals surface area contributed by atoms with E-state index in [9.17, 15) is 4.79 Å². The predicted molar refractivity (Wildman–Crippen MR) is 47.5 cm³/mol. The van der Waals surface area contributed by atoms with Crippen LogP contribution in [0, 0.1) is 0 Å². The van der Waals surface area contributed by atoms with Gasteiger partial charge >= 0.3 is 5.97 Å². The molecular formula is C8H12N4O2. The van der Waals surface area contributed by atoms with Gasteiger partial charge in [0.25, 0.3) is 0 Å². The van der Waals surface area contributed by atoms with Gasteiger partial charge in [0.2, 0.25) is 0 Å². The SMILES string of the molecule is NCc1nnc2n1C(C(=O)O)CCC2. The highest BCUT2D eigenvalue weighted by Crippen LogP contribution is 2.24. The molecule has 1 aromatic heterocycles. The Morgan fingerprint density at radius 2 is 2.43 bits per heavy atom. The lowest BCUT2D eigenvalue weighted by atomic mass is 10.0. The molecule has 0 amide bonds. The van der Waals surface area contributed by atoms with Crippen LogP contribution >= 0.6 is 0 Å². The maximum atomic E-state index is 11.0. The number of fused-ring (bicyclic) bond motifs is 1. The van der Waals surface area contributed by atoms with Crippen molar-refractivity contribution in [3.05, 3.63) is 11.6 Å². The van der Waals surface area contributed by atoms with Gasteiger partial charge in [0, 0.05) is 6.42 Å². The maximum absolute atomic E-state index is 11.0. The van der Waals surface area contributed by atoms with E-state index >= 15 is 0 Å². The number of aromatic nitrogens is 3. The van der Waals surface area contributed by atoms with Crippen LogP contribution in [0.1, 0.15) is 30.5 Å². The minimum absolute atomic E-state index is 0.233. The minimum Gasteiger partial charge on any atom is -0.480 e. The second-order valence-corrected chi connectivity index (χ2v) is 3.35. The Labute approximate surface area is 80.7 Å². The lowest BCUT2D eigenvalue weighted by Crippen LogP contribution is -2.27. The number of hydrogen-bond donors (Lipinski definition) is 2. The van der Waals surface area contributed by atoms with Crippen LogP contribution in [0.15, 0.2) is 0 Å². The average molecular weight is 196 g/mol. The molecule has 0 aliphatic carbocycles. The molecule has 2 heterocycles. The first-order chi connectivity index (χ1) is 6.74. The van der Waals surface area contributed by atoms with Crippen molar-refractivity contribution in [1.29, 1.82) is 0 Å². The van der Waals surface area contributed by atoms with Crippen molar-refractivity contribution in [2.45, 2.75) is 31.8 Å². The van der Waals surface area contributed by atoms with Gasteiger partial charge in [0.1, 0.15) is 17.7 Å². The van der Waals surface area contributed by atoms with E-state index in [1.165, 1.54) is 0 Å². The Morgan fingerprint density at radius 1 is 1.64 bits per heavy atom. The zero-order chi connectivity index (χ0) is 10.1. The van der Waals surface area contributed by atoms with Crippen molar-refractivity contribution >= 4 is 5.97 Å². The van der Waals surface area contributed by atoms with Crippen LogP contribution in [0.4, 0.5) is 0 Å². The van der Waals surface area contributed by atoms with Crippen molar-refractivity contribution < 1.29 is 9.90 Å². The normalized spacial score (nSPS) is 20.5. The molecule has 0 saturated carbocycles. The third-order valence-electron chi connectivity index (χ3n) is 2.49. The fourth-order valence-electron chi connectivity index (χ4n) is 1.85. The number of rotatable bonds is 2. The summed E-state index contributed by atoms with van der Waals surface area (Å²) in [6, 6.07) is -0.535. The van der Waals surface area contributed by atoms with Crippen molar-refractivity contribution in [3.63, 3.8) is 0 Å². The number of hydrogen-bond acceptors (Lipinski definition) is 4. The van der Waals surface area contributed by atoms with Crippen LogP contribution in [0.2, 0.25) is 0 Å². The lowest BCUT2D eigenvalue weighted by Gasteiger charge is -2.22. The summed E-state index contributed by atoms with van der Waals surface area (Å²) >= 11 is 0. The first-order valence-corrected chi connectivity index (χ1v) is 4.59. The van der Waals surface area contributed by atoms with E-state index in [4.69, 9.17) is 10.8 Å². The van der Waals surface area contributed by atoms with Gasteiger partial charge < -0.3 is 10.8 Å². The zero-order valence-corrected chi connectivity index (χ0v) is 7.68. The molecule has 1 aliphatic rings. The molecule has 0 aromatic carbocycles. The molecule has 0 radical (unpaired) electrons. The molecule has 1 aliphatic heterocycles. The van der Waals surface area contributed by atoms with E-state index in [-0.39, 0.29) is 6.54 Å². The molecule has 0 fully saturated rings. The molecule has 0 bridgehead atoms. The van der Waals surface area contributed by atoms with Crippen molar-refractivity contribution in [2.24, 2.45) is 5.73 Å². The molecule has 0 spiro atoms. The molecule has 1 atom stereocenters. The van der Waals surface area contributed by atoms with E-state index in [0.717, 1.165) is 18.7 Å². The van der Waals surface area contributed by atoms with Gasteiger partial charge in [0.15, 0.2) is 0 Å². The van der Waals surface area contributed by atoms with Gasteiger partial charge in [0.05, 0.1) is 6.54 Å². The molecule has 6 nitrogen and oxygen atoms in total. The van der Waals surface area contributed by atoms with E-state index in [1.54, 1.807) is 4.57 Å². The van der Waals surface area contributed by atoms with Crippen molar-refractivity contribution in [3.8, 4) is 0 Å². The number of carboxylic acids is 1. The molecule has 6 heteroatoms. The summed E-state index contributed by atoms with van der Waals surface area (Å²) in [6.07, 6.45) is 2.27. The Hall–Kier alpha value is -1.43. The smallest absolute Gasteiger partial charge is 0.326 e. The number of carbonyl (C=O) groups is 1. The van der Waals surface area contributed by atoms with Crippen LogP contribution in [-0.2, 0) is 17.8 Å². The molecule has 2 rings (SSSR count). The molecular weight excluding hydrogens is 184 g/mol. The van der Waals surface area contributed by atoms with Crippen molar-refractivity contribution in [1.82, 2.24) is 14.8 Å². The summed E-state index contributed by atoms with van der Waals surface area (Å²) in [4.78, 5) is 11.0. The topological polar surface area (TPSA) is 94.0 Å². The summed E-state index contributed by atoms with van der Waals surface area (Å²) < 4.78 is 1.66. The Kier molecular flexibility index (Phi) is 2.20. The molecule has 1 unspecified atom stereocenters. The molecule has 3 N–H and O–H groups in total. The standard InChI is InChI=1S/C8H12N4O2/c9-4-7-11-10-6-3-1-2-5(8(13)14)12(6)7/h5H,1-4,9H2,(H,13,14). The summed E-state index contributed by atoms with van der Waals surface area (Å²) in [5, 5.41) is 16.8. The van der Waals surface area contributed by atoms with Gasteiger partial charge in [-0.1, -0.05) is 0 Å². The predicted octanol–water partition coefficient (Wildman–Crippen LogP) is -0.301. The Morgan fingerprint density at radius 3 is 3.07 bits per heavy atom. The molecule has 1 aromatic rings. The maximum Gasteiger partial charge on any atom is 0.326 e. The van der Waals surface area contributed by atoms with Crippen LogP contribution in [0.25, 0.3) is 0 Å². The van der Waals surface area contributed by atoms with E-state index < -0.39 is 12.0 Å². The number of nitrogens with two attached hydrogens (primary N) is 1. The highest BCUT2D eigenvalue weighted by atomic mass is 16.4. The average Bonchev–Trinajstić information content (AvgIpc) is 2.59. The van der Waals surface area contributed by atoms with Crippen LogP contribution in [0.3, 0.4) is 0 Å². The van der Waals surface area contributed by atoms with Crippen LogP contribution < -0.4 is 5.73 Å². The second kappa shape index (κ2) is 3.38. The summed E-state index contributed by atoms with van der Waals surface area (Å²) in [6.45, 7) is 0.233. The van der Waals surface area contributed by atoms with Gasteiger partial charge in [-0.3, -0.25) is 4.57 Å². The van der Waals surface area contributed by atoms with Crippen LogP contribution in [0.5, 0.6) is 0 Å². The number of nitrogens with zero attached hydrogens (tertiary/aromatic N) is 3. The quantitative estimate of drug-likeness (QED) is 0.677. The summed E-state index contributed by atoms with van der Waals surface area (Å²) in [5.74, 6) is 0.469. The largest absolute Gasteiger partial charge is 0.480 e. The Bertz CT molecular complexity index is 347. The lowest BCUT2D eigenvalue weighted by molar-refractivity contribution is -0.141. The van der Waals surface area contributed by atoms with Crippen molar-refractivity contribution in [2.75, 3.05) is 0 Å². The zero-order valence-electron chi connectivity index (χ0n) is 7.68. The highest BCUT2D eigenvalue weighted by molar-refractivity contribution is 5.72. The molecule has 0 saturated heterocycles. The van der Waals surface area contributed by atoms with E-state index in [1.807, 2.05) is 0 Å². The fraction of sp³-hybridized carbons (Fsp3) is 0.625. The van der Waals surface area contributed by atoms with E-state index in [0.29, 0.717) is 12.2 Å². The van der Waals surface area contributed by atoms with Gasteiger partial charge in [-0.25, -0.2) is 4.79 Å². The molecule has 76 valence electrons. The first kappa shape index (κ1) is 9.14. The van der Waals surface area contributed by atoms with Crippen LogP contribution in [-0.4, -0.2) is 25.8 Å². The Balaban J connectivity index is 2.44. The third kappa shape index (κ3) is 1.27. The minimum atomic E-state index is -0.833. The van der Waals surface area contributed by atoms with Gasteiger partial charge in [-0.2, -0.15) is 0 Å². The van der Waals surface area contributed by atoms with E-state index in [2.05, 4.69) is 10.2 Å². The number of aryl methyl sites for hydroxylation is 1. The summed E-state index contributed by atoms with van der Waals surface area (Å²) in [7, 11) is 0.